The fraction of sp³-hybridized carbons (Fsp3) is 0.391. The monoisotopic (exact) mass is 430 g/mol. The molecule has 0 aliphatic carbocycles. The Morgan fingerprint density at radius 2 is 1.83 bits per heavy atom. The van der Waals surface area contributed by atoms with Crippen LogP contribution < -0.4 is 24.8 Å². The first kappa shape index (κ1) is 23.5. The molecule has 6 nitrogen and oxygen atoms in total. The number of hydrogen-bond acceptors (Lipinski definition) is 5. The van der Waals surface area contributed by atoms with Crippen molar-refractivity contribution in [2.75, 3.05) is 20.3 Å². The first-order valence-electron chi connectivity index (χ1n) is 10.2. The zero-order valence-corrected chi connectivity index (χ0v) is 18.6. The number of benzene rings is 2. The zero-order valence-electron chi connectivity index (χ0n) is 17.8. The summed E-state index contributed by atoms with van der Waals surface area (Å²) in [5.74, 6) is 1.76. The fourth-order valence-electron chi connectivity index (χ4n) is 2.62. The van der Waals surface area contributed by atoms with E-state index in [1.807, 2.05) is 24.3 Å². The minimum Gasteiger partial charge on any atom is -0.494 e. The molecule has 0 radical (unpaired) electrons. The maximum Gasteiger partial charge on any atom is 0.257 e. The van der Waals surface area contributed by atoms with Gasteiger partial charge in [-0.25, -0.2) is 0 Å². The quantitative estimate of drug-likeness (QED) is 0.405. The van der Waals surface area contributed by atoms with Crippen molar-refractivity contribution in [3.05, 3.63) is 53.6 Å². The Kier molecular flexibility index (Phi) is 9.94. The maximum absolute atomic E-state index is 12.5. The highest BCUT2D eigenvalue weighted by atomic mass is 32.1. The molecule has 0 fully saturated rings. The second kappa shape index (κ2) is 12.7. The lowest BCUT2D eigenvalue weighted by Crippen LogP contribution is -2.38. The summed E-state index contributed by atoms with van der Waals surface area (Å²) in [5, 5.41) is 5.99. The minimum atomic E-state index is -0.283. The van der Waals surface area contributed by atoms with Crippen molar-refractivity contribution >= 4 is 23.2 Å². The molecule has 162 valence electrons. The Morgan fingerprint density at radius 1 is 1.00 bits per heavy atom. The van der Waals surface area contributed by atoms with Crippen molar-refractivity contribution in [3.63, 3.8) is 0 Å². The van der Waals surface area contributed by atoms with Crippen LogP contribution in [0.25, 0.3) is 0 Å². The number of rotatable bonds is 11. The number of methoxy groups -OCH3 is 1. The molecule has 0 unspecified atom stereocenters. The van der Waals surface area contributed by atoms with Crippen LogP contribution in [-0.2, 0) is 6.54 Å². The van der Waals surface area contributed by atoms with Crippen LogP contribution in [0.15, 0.2) is 42.5 Å². The van der Waals surface area contributed by atoms with E-state index in [0.717, 1.165) is 24.8 Å². The van der Waals surface area contributed by atoms with E-state index in [2.05, 4.69) is 24.5 Å². The Morgan fingerprint density at radius 3 is 2.57 bits per heavy atom. The lowest BCUT2D eigenvalue weighted by atomic mass is 10.2. The van der Waals surface area contributed by atoms with Gasteiger partial charge in [0.15, 0.2) is 16.6 Å². The molecular formula is C23H30N2O4S. The van der Waals surface area contributed by atoms with E-state index in [0.29, 0.717) is 42.6 Å². The lowest BCUT2D eigenvalue weighted by Gasteiger charge is -2.13. The van der Waals surface area contributed by atoms with Crippen molar-refractivity contribution in [1.82, 2.24) is 10.6 Å². The zero-order chi connectivity index (χ0) is 21.8. The summed E-state index contributed by atoms with van der Waals surface area (Å²) in [5.41, 5.74) is 1.45. The van der Waals surface area contributed by atoms with E-state index < -0.39 is 0 Å². The Balaban J connectivity index is 1.88. The van der Waals surface area contributed by atoms with Crippen molar-refractivity contribution < 1.29 is 19.0 Å². The van der Waals surface area contributed by atoms with Gasteiger partial charge in [-0.15, -0.1) is 0 Å². The number of amides is 1. The number of nitrogens with one attached hydrogen (secondary N) is 2. The number of carbonyl (C=O) groups excluding carboxylic acids is 1. The van der Waals surface area contributed by atoms with Crippen LogP contribution in [0, 0.1) is 0 Å². The molecule has 0 aromatic heterocycles. The predicted molar refractivity (Wildman–Crippen MR) is 123 cm³/mol. The molecule has 2 N–H and O–H groups in total. The van der Waals surface area contributed by atoms with Gasteiger partial charge in [0.25, 0.3) is 5.91 Å². The topological polar surface area (TPSA) is 68.8 Å². The van der Waals surface area contributed by atoms with Gasteiger partial charge in [0, 0.05) is 12.1 Å². The Bertz CT molecular complexity index is 842. The van der Waals surface area contributed by atoms with Gasteiger partial charge in [-0.1, -0.05) is 32.4 Å². The first-order chi connectivity index (χ1) is 14.6. The van der Waals surface area contributed by atoms with Gasteiger partial charge in [0.05, 0.1) is 20.3 Å². The van der Waals surface area contributed by atoms with Crippen molar-refractivity contribution in [2.45, 2.75) is 39.7 Å². The first-order valence-corrected chi connectivity index (χ1v) is 10.6. The van der Waals surface area contributed by atoms with Crippen LogP contribution >= 0.6 is 12.2 Å². The van der Waals surface area contributed by atoms with Crippen molar-refractivity contribution in [2.24, 2.45) is 0 Å². The summed E-state index contributed by atoms with van der Waals surface area (Å²) in [6.07, 6.45) is 2.95. The second-order valence-electron chi connectivity index (χ2n) is 6.70. The third kappa shape index (κ3) is 7.55. The summed E-state index contributed by atoms with van der Waals surface area (Å²) in [6.45, 7) is 5.87. The van der Waals surface area contributed by atoms with Gasteiger partial charge in [-0.2, -0.15) is 0 Å². The molecule has 0 atom stereocenters. The molecule has 0 saturated heterocycles. The number of hydrogen-bond donors (Lipinski definition) is 2. The molecule has 7 heteroatoms. The van der Waals surface area contributed by atoms with E-state index in [-0.39, 0.29) is 11.0 Å². The number of ether oxygens (including phenoxy) is 3. The van der Waals surface area contributed by atoms with Gasteiger partial charge in [-0.05, 0) is 61.0 Å². The van der Waals surface area contributed by atoms with E-state index in [1.165, 1.54) is 0 Å². The molecule has 0 aliphatic rings. The summed E-state index contributed by atoms with van der Waals surface area (Å²) in [7, 11) is 1.61. The number of thiocarbonyl (C=S) groups is 1. The summed E-state index contributed by atoms with van der Waals surface area (Å²) in [4.78, 5) is 12.5. The summed E-state index contributed by atoms with van der Waals surface area (Å²) < 4.78 is 16.7. The molecular weight excluding hydrogens is 400 g/mol. The molecule has 2 aromatic carbocycles. The van der Waals surface area contributed by atoms with Crippen LogP contribution in [0.1, 0.15) is 49.0 Å². The van der Waals surface area contributed by atoms with E-state index in [4.69, 9.17) is 26.4 Å². The Labute approximate surface area is 183 Å². The molecule has 0 spiro atoms. The molecule has 0 aliphatic heterocycles. The molecule has 1 amide bonds. The van der Waals surface area contributed by atoms with Gasteiger partial charge < -0.3 is 19.5 Å². The van der Waals surface area contributed by atoms with Crippen LogP contribution in [-0.4, -0.2) is 31.3 Å². The van der Waals surface area contributed by atoms with E-state index in [9.17, 15) is 4.79 Å². The van der Waals surface area contributed by atoms with Gasteiger partial charge in [0.1, 0.15) is 5.75 Å². The molecule has 0 saturated carbocycles. The van der Waals surface area contributed by atoms with E-state index >= 15 is 0 Å². The van der Waals surface area contributed by atoms with Crippen molar-refractivity contribution in [3.8, 4) is 17.2 Å². The largest absolute Gasteiger partial charge is 0.494 e. The lowest BCUT2D eigenvalue weighted by molar-refractivity contribution is 0.0976. The summed E-state index contributed by atoms with van der Waals surface area (Å²) >= 11 is 5.26. The van der Waals surface area contributed by atoms with Gasteiger partial charge in [-0.3, -0.25) is 10.1 Å². The Hall–Kier alpha value is -2.80. The SMILES string of the molecule is CCCCOc1cccc(C(=O)NC(=S)NCc2ccc(OCCC)c(OC)c2)c1. The smallest absolute Gasteiger partial charge is 0.257 e. The third-order valence-corrected chi connectivity index (χ3v) is 4.48. The summed E-state index contributed by atoms with van der Waals surface area (Å²) in [6, 6.07) is 12.8. The van der Waals surface area contributed by atoms with Crippen molar-refractivity contribution in [1.29, 1.82) is 0 Å². The third-order valence-electron chi connectivity index (χ3n) is 4.23. The van der Waals surface area contributed by atoms with Crippen LogP contribution in [0.4, 0.5) is 0 Å². The molecule has 2 rings (SSSR count). The molecule has 0 bridgehead atoms. The fourth-order valence-corrected chi connectivity index (χ4v) is 2.78. The molecule has 0 heterocycles. The highest BCUT2D eigenvalue weighted by molar-refractivity contribution is 7.80. The minimum absolute atomic E-state index is 0.252. The van der Waals surface area contributed by atoms with E-state index in [1.54, 1.807) is 25.3 Å². The second-order valence-corrected chi connectivity index (χ2v) is 7.11. The average Bonchev–Trinajstić information content (AvgIpc) is 2.76. The van der Waals surface area contributed by atoms with Crippen LogP contribution in [0.5, 0.6) is 17.2 Å². The standard InChI is InChI=1S/C23H30N2O4S/c1-4-6-13-28-19-9-7-8-18(15-19)22(26)25-23(30)24-16-17-10-11-20(29-12-5-2)21(14-17)27-3/h7-11,14-15H,4-6,12-13,16H2,1-3H3,(H2,24,25,26,30). The molecule has 30 heavy (non-hydrogen) atoms. The number of carbonyl (C=O) groups is 1. The maximum atomic E-state index is 12.5. The van der Waals surface area contributed by atoms with Gasteiger partial charge in [0.2, 0.25) is 0 Å². The average molecular weight is 431 g/mol. The molecule has 2 aromatic rings. The van der Waals surface area contributed by atoms with Gasteiger partial charge >= 0.3 is 0 Å². The normalized spacial score (nSPS) is 10.2. The predicted octanol–water partition coefficient (Wildman–Crippen LogP) is 4.47. The number of unbranched alkanes of at least 4 members (excludes halogenated alkanes) is 1. The highest BCUT2D eigenvalue weighted by Gasteiger charge is 2.10. The van der Waals surface area contributed by atoms with Crippen LogP contribution in [0.3, 0.4) is 0 Å². The van der Waals surface area contributed by atoms with Crippen LogP contribution in [0.2, 0.25) is 0 Å². The highest BCUT2D eigenvalue weighted by Crippen LogP contribution is 2.28.